The maximum atomic E-state index is 11.7. The lowest BCUT2D eigenvalue weighted by molar-refractivity contribution is -0.142. The van der Waals surface area contributed by atoms with Crippen LogP contribution in [0.15, 0.2) is 4.99 Å². The number of carbonyl (C=O) groups is 2. The molecule has 5 atom stereocenters. The van der Waals surface area contributed by atoms with E-state index in [1.165, 1.54) is 6.92 Å². The molecule has 134 valence electrons. The average molecular weight is 337 g/mol. The van der Waals surface area contributed by atoms with Crippen LogP contribution >= 0.6 is 0 Å². The molecule has 1 rings (SSSR count). The molecule has 0 unspecified atom stereocenters. The van der Waals surface area contributed by atoms with E-state index in [-0.39, 0.29) is 36.2 Å². The summed E-state index contributed by atoms with van der Waals surface area (Å²) in [6, 6.07) is -1.22. The van der Waals surface area contributed by atoms with Gasteiger partial charge in [0.25, 0.3) is 0 Å². The molecule has 0 aliphatic heterocycles. The SMILES string of the molecule is [B]N[C@H]1[C@@H]([C@H](NC(C)=O)C(CC)CC)[C@H](N=C(N)N)C[C@@H]1C(=O)O. The van der Waals surface area contributed by atoms with E-state index < -0.39 is 24.0 Å². The highest BCUT2D eigenvalue weighted by Crippen LogP contribution is 2.39. The number of carboxylic acids is 1. The second kappa shape index (κ2) is 8.91. The Morgan fingerprint density at radius 2 is 1.92 bits per heavy atom. The predicted molar refractivity (Wildman–Crippen MR) is 93.2 cm³/mol. The number of carboxylic acid groups (broad SMARTS) is 1. The fourth-order valence-corrected chi connectivity index (χ4v) is 3.91. The van der Waals surface area contributed by atoms with Gasteiger partial charge in [-0.25, -0.2) is 4.99 Å². The van der Waals surface area contributed by atoms with Crippen molar-refractivity contribution >= 4 is 25.8 Å². The van der Waals surface area contributed by atoms with Crippen LogP contribution in [0.25, 0.3) is 0 Å². The van der Waals surface area contributed by atoms with Gasteiger partial charge in [-0.05, 0) is 12.3 Å². The monoisotopic (exact) mass is 337 g/mol. The summed E-state index contributed by atoms with van der Waals surface area (Å²) in [5, 5.41) is 15.1. The zero-order chi connectivity index (χ0) is 18.4. The van der Waals surface area contributed by atoms with Crippen LogP contribution in [0.5, 0.6) is 0 Å². The number of aliphatic imine (C=N–C) groups is 1. The number of hydrogen-bond acceptors (Lipinski definition) is 4. The van der Waals surface area contributed by atoms with Crippen molar-refractivity contribution in [2.45, 2.75) is 58.2 Å². The quantitative estimate of drug-likeness (QED) is 0.226. The molecule has 1 amide bonds. The summed E-state index contributed by atoms with van der Waals surface area (Å²) in [6.07, 6.45) is 1.94. The van der Waals surface area contributed by atoms with Crippen LogP contribution in [-0.2, 0) is 9.59 Å². The van der Waals surface area contributed by atoms with E-state index in [1.54, 1.807) is 0 Å². The zero-order valence-corrected chi connectivity index (χ0v) is 14.5. The summed E-state index contributed by atoms with van der Waals surface area (Å²) in [6.45, 7) is 5.51. The molecule has 0 aromatic carbocycles. The summed E-state index contributed by atoms with van der Waals surface area (Å²) in [7, 11) is 5.66. The van der Waals surface area contributed by atoms with Gasteiger partial charge in [0.15, 0.2) is 13.9 Å². The van der Waals surface area contributed by atoms with Crippen LogP contribution in [0.2, 0.25) is 0 Å². The molecule has 1 aliphatic rings. The number of nitrogens with two attached hydrogens (primary N) is 2. The van der Waals surface area contributed by atoms with Crippen LogP contribution in [0, 0.1) is 17.8 Å². The van der Waals surface area contributed by atoms with E-state index in [1.807, 2.05) is 13.8 Å². The molecule has 0 heterocycles. The molecule has 0 aromatic rings. The molecule has 0 spiro atoms. The number of carbonyl (C=O) groups excluding carboxylic acids is 1. The third-order valence-corrected chi connectivity index (χ3v) is 4.95. The van der Waals surface area contributed by atoms with Gasteiger partial charge in [0, 0.05) is 24.9 Å². The number of hydrogen-bond donors (Lipinski definition) is 5. The maximum Gasteiger partial charge on any atom is 0.308 e. The highest BCUT2D eigenvalue weighted by atomic mass is 16.4. The van der Waals surface area contributed by atoms with E-state index in [0.717, 1.165) is 12.8 Å². The molecular formula is C15H28BN5O3. The minimum atomic E-state index is -0.956. The standard InChI is InChI=1S/C15H28BN5O3/c1-4-8(5-2)12(19-7(3)22)11-10(20-15(17)18)6-9(14(23)24)13(11)21-16/h8-13,21H,4-6H2,1-3H3,(H,19,22)(H,23,24)(H4,17,18,20)/t9-,10+,11+,12+,13+/m0/s1. The van der Waals surface area contributed by atoms with Gasteiger partial charge < -0.3 is 27.1 Å². The highest BCUT2D eigenvalue weighted by Gasteiger charge is 2.50. The molecular weight excluding hydrogens is 309 g/mol. The third-order valence-electron chi connectivity index (χ3n) is 4.95. The van der Waals surface area contributed by atoms with Crippen molar-refractivity contribution in [3.63, 3.8) is 0 Å². The van der Waals surface area contributed by atoms with Gasteiger partial charge in [0.2, 0.25) is 5.91 Å². The van der Waals surface area contributed by atoms with E-state index in [0.29, 0.717) is 0 Å². The van der Waals surface area contributed by atoms with Crippen molar-refractivity contribution in [3.05, 3.63) is 0 Å². The van der Waals surface area contributed by atoms with Crippen molar-refractivity contribution in [3.8, 4) is 0 Å². The second-order valence-corrected chi connectivity index (χ2v) is 6.37. The van der Waals surface area contributed by atoms with Gasteiger partial charge in [-0.2, -0.15) is 0 Å². The van der Waals surface area contributed by atoms with Crippen molar-refractivity contribution in [2.75, 3.05) is 0 Å². The summed E-state index contributed by atoms with van der Waals surface area (Å²) in [5.41, 5.74) is 11.1. The fourth-order valence-electron chi connectivity index (χ4n) is 3.91. The number of nitrogens with one attached hydrogen (secondary N) is 2. The van der Waals surface area contributed by atoms with Crippen molar-refractivity contribution in [1.82, 2.24) is 10.5 Å². The number of nitrogens with zero attached hydrogens (tertiary/aromatic N) is 1. The Kier molecular flexibility index (Phi) is 7.53. The van der Waals surface area contributed by atoms with Crippen LogP contribution in [0.4, 0.5) is 0 Å². The fraction of sp³-hybridized carbons (Fsp3) is 0.800. The molecule has 1 fully saturated rings. The Labute approximate surface area is 144 Å². The normalized spacial score (nSPS) is 27.7. The lowest BCUT2D eigenvalue weighted by Gasteiger charge is -2.37. The molecule has 24 heavy (non-hydrogen) atoms. The predicted octanol–water partition coefficient (Wildman–Crippen LogP) is -0.668. The molecule has 2 radical (unpaired) electrons. The summed E-state index contributed by atoms with van der Waals surface area (Å²) >= 11 is 0. The highest BCUT2D eigenvalue weighted by molar-refractivity contribution is 6.04. The topological polar surface area (TPSA) is 143 Å². The van der Waals surface area contributed by atoms with Gasteiger partial charge in [-0.15, -0.1) is 0 Å². The van der Waals surface area contributed by atoms with E-state index in [2.05, 4.69) is 15.5 Å². The molecule has 1 saturated carbocycles. The van der Waals surface area contributed by atoms with Gasteiger partial charge in [-0.1, -0.05) is 26.7 Å². The lowest BCUT2D eigenvalue weighted by Crippen LogP contribution is -2.54. The number of amides is 1. The Morgan fingerprint density at radius 3 is 2.29 bits per heavy atom. The first-order valence-corrected chi connectivity index (χ1v) is 8.31. The van der Waals surface area contributed by atoms with Gasteiger partial charge in [-0.3, -0.25) is 9.59 Å². The van der Waals surface area contributed by atoms with Crippen molar-refractivity contribution < 1.29 is 14.7 Å². The van der Waals surface area contributed by atoms with E-state index in [4.69, 9.17) is 19.4 Å². The van der Waals surface area contributed by atoms with Crippen molar-refractivity contribution in [1.29, 1.82) is 0 Å². The molecule has 0 aromatic heterocycles. The Balaban J connectivity index is 3.31. The summed E-state index contributed by atoms with van der Waals surface area (Å²) in [4.78, 5) is 27.6. The minimum absolute atomic E-state index is 0.0991. The molecule has 8 nitrogen and oxygen atoms in total. The van der Waals surface area contributed by atoms with Crippen LogP contribution < -0.4 is 22.0 Å². The second-order valence-electron chi connectivity index (χ2n) is 6.37. The molecule has 7 N–H and O–H groups in total. The van der Waals surface area contributed by atoms with Crippen molar-refractivity contribution in [2.24, 2.45) is 34.2 Å². The Hall–Kier alpha value is -1.77. The Morgan fingerprint density at radius 1 is 1.33 bits per heavy atom. The smallest absolute Gasteiger partial charge is 0.308 e. The van der Waals surface area contributed by atoms with Gasteiger partial charge in [0.05, 0.1) is 12.0 Å². The molecule has 1 aliphatic carbocycles. The first-order valence-electron chi connectivity index (χ1n) is 8.31. The summed E-state index contributed by atoms with van der Waals surface area (Å²) < 4.78 is 0. The molecule has 0 bridgehead atoms. The average Bonchev–Trinajstić information content (AvgIpc) is 2.84. The first kappa shape index (κ1) is 20.3. The first-order chi connectivity index (χ1) is 11.3. The minimum Gasteiger partial charge on any atom is -0.481 e. The Bertz CT molecular complexity index is 480. The summed E-state index contributed by atoms with van der Waals surface area (Å²) in [5.74, 6) is -2.10. The van der Waals surface area contributed by atoms with Crippen LogP contribution in [0.3, 0.4) is 0 Å². The van der Waals surface area contributed by atoms with Gasteiger partial charge in [0.1, 0.15) is 0 Å². The van der Waals surface area contributed by atoms with Crippen LogP contribution in [-0.4, -0.2) is 49.0 Å². The number of aliphatic carboxylic acids is 1. The van der Waals surface area contributed by atoms with Crippen LogP contribution in [0.1, 0.15) is 40.0 Å². The molecule has 0 saturated heterocycles. The largest absolute Gasteiger partial charge is 0.481 e. The number of rotatable bonds is 8. The number of guanidine groups is 1. The third kappa shape index (κ3) is 4.62. The maximum absolute atomic E-state index is 11.7. The van der Waals surface area contributed by atoms with Gasteiger partial charge >= 0.3 is 5.97 Å². The zero-order valence-electron chi connectivity index (χ0n) is 14.5. The lowest BCUT2D eigenvalue weighted by atomic mass is 9.79. The van der Waals surface area contributed by atoms with E-state index >= 15 is 0 Å². The van der Waals surface area contributed by atoms with E-state index in [9.17, 15) is 14.7 Å². The molecule has 9 heteroatoms.